The van der Waals surface area contributed by atoms with E-state index in [0.29, 0.717) is 18.0 Å². The number of benzene rings is 1. The number of unbranched alkanes of at least 4 members (excludes halogenated alkanes) is 1. The van der Waals surface area contributed by atoms with Crippen molar-refractivity contribution in [2.24, 2.45) is 5.92 Å². The fourth-order valence-corrected chi connectivity index (χ4v) is 2.82. The van der Waals surface area contributed by atoms with Gasteiger partial charge in [0.1, 0.15) is 5.75 Å². The summed E-state index contributed by atoms with van der Waals surface area (Å²) in [6.07, 6.45) is 4.72. The smallest absolute Gasteiger partial charge is 0.243 e. The lowest BCUT2D eigenvalue weighted by Crippen LogP contribution is -2.46. The summed E-state index contributed by atoms with van der Waals surface area (Å²) in [5, 5.41) is 5.30. The summed E-state index contributed by atoms with van der Waals surface area (Å²) in [7, 11) is 1.57. The van der Waals surface area contributed by atoms with Gasteiger partial charge in [-0.2, -0.15) is 0 Å². The Hall–Kier alpha value is -2.57. The molecular formula is C20H29N3O4. The fraction of sp³-hybridized carbons (Fsp3) is 0.550. The first kappa shape index (κ1) is 20.7. The predicted octanol–water partition coefficient (Wildman–Crippen LogP) is 2.18. The lowest BCUT2D eigenvalue weighted by Gasteiger charge is -2.31. The Labute approximate surface area is 160 Å². The first-order chi connectivity index (χ1) is 13.0. The highest BCUT2D eigenvalue weighted by Crippen LogP contribution is 2.28. The average molecular weight is 375 g/mol. The molecule has 0 aliphatic heterocycles. The summed E-state index contributed by atoms with van der Waals surface area (Å²) < 4.78 is 5.06. The second kappa shape index (κ2) is 10.5. The van der Waals surface area contributed by atoms with Gasteiger partial charge >= 0.3 is 0 Å². The molecule has 0 atom stereocenters. The Morgan fingerprint density at radius 2 is 1.85 bits per heavy atom. The Kier molecular flexibility index (Phi) is 8.10. The standard InChI is InChI=1S/C20H29N3O4/c1-3-4-12-23(20(26)15-6-5-7-15)14-19(25)21-13-18(24)22-16-8-10-17(27-2)11-9-16/h8-11,15H,3-7,12-14H2,1-2H3,(H,21,25)(H,22,24). The first-order valence-corrected chi connectivity index (χ1v) is 9.53. The predicted molar refractivity (Wildman–Crippen MR) is 103 cm³/mol. The molecule has 0 saturated heterocycles. The third-order valence-corrected chi connectivity index (χ3v) is 4.70. The lowest BCUT2D eigenvalue weighted by molar-refractivity contribution is -0.141. The lowest BCUT2D eigenvalue weighted by atomic mass is 9.84. The first-order valence-electron chi connectivity index (χ1n) is 9.53. The van der Waals surface area contributed by atoms with Crippen molar-refractivity contribution in [3.63, 3.8) is 0 Å². The van der Waals surface area contributed by atoms with Gasteiger partial charge in [0, 0.05) is 18.2 Å². The van der Waals surface area contributed by atoms with Crippen LogP contribution in [-0.2, 0) is 14.4 Å². The summed E-state index contributed by atoms with van der Waals surface area (Å²) in [6.45, 7) is 2.50. The highest BCUT2D eigenvalue weighted by atomic mass is 16.5. The molecule has 0 radical (unpaired) electrons. The second-order valence-corrected chi connectivity index (χ2v) is 6.79. The van der Waals surface area contributed by atoms with Crippen LogP contribution in [0.2, 0.25) is 0 Å². The maximum atomic E-state index is 12.5. The monoisotopic (exact) mass is 375 g/mol. The number of ether oxygens (including phenoxy) is 1. The molecule has 7 heteroatoms. The summed E-state index contributed by atoms with van der Waals surface area (Å²) in [4.78, 5) is 38.3. The van der Waals surface area contributed by atoms with Gasteiger partial charge in [0.15, 0.2) is 0 Å². The van der Waals surface area contributed by atoms with Gasteiger partial charge in [-0.25, -0.2) is 0 Å². The minimum Gasteiger partial charge on any atom is -0.497 e. The van der Waals surface area contributed by atoms with Crippen LogP contribution in [0.1, 0.15) is 39.0 Å². The van der Waals surface area contributed by atoms with E-state index in [9.17, 15) is 14.4 Å². The molecule has 1 aromatic carbocycles. The third-order valence-electron chi connectivity index (χ3n) is 4.70. The minimum absolute atomic E-state index is 0.00511. The van der Waals surface area contributed by atoms with Crippen LogP contribution in [0.3, 0.4) is 0 Å². The molecule has 0 heterocycles. The number of methoxy groups -OCH3 is 1. The SMILES string of the molecule is CCCCN(CC(=O)NCC(=O)Nc1ccc(OC)cc1)C(=O)C1CCC1. The molecule has 0 aromatic heterocycles. The zero-order valence-corrected chi connectivity index (χ0v) is 16.1. The molecule has 0 spiro atoms. The van der Waals surface area contributed by atoms with Crippen molar-refractivity contribution in [3.8, 4) is 5.75 Å². The van der Waals surface area contributed by atoms with Crippen LogP contribution in [0.4, 0.5) is 5.69 Å². The topological polar surface area (TPSA) is 87.7 Å². The van der Waals surface area contributed by atoms with Gasteiger partial charge < -0.3 is 20.3 Å². The Bertz CT molecular complexity index is 641. The number of rotatable bonds is 10. The van der Waals surface area contributed by atoms with E-state index in [1.165, 1.54) is 0 Å². The number of hydrogen-bond acceptors (Lipinski definition) is 4. The van der Waals surface area contributed by atoms with E-state index in [4.69, 9.17) is 4.74 Å². The van der Waals surface area contributed by atoms with Crippen molar-refractivity contribution < 1.29 is 19.1 Å². The number of hydrogen-bond donors (Lipinski definition) is 2. The van der Waals surface area contributed by atoms with Gasteiger partial charge in [0.2, 0.25) is 17.7 Å². The molecule has 0 unspecified atom stereocenters. The largest absolute Gasteiger partial charge is 0.497 e. The van der Waals surface area contributed by atoms with E-state index in [1.54, 1.807) is 36.3 Å². The summed E-state index contributed by atoms with van der Waals surface area (Å²) >= 11 is 0. The molecule has 0 bridgehead atoms. The second-order valence-electron chi connectivity index (χ2n) is 6.79. The molecule has 1 aromatic rings. The summed E-state index contributed by atoms with van der Waals surface area (Å²) in [5.41, 5.74) is 0.625. The van der Waals surface area contributed by atoms with Crippen LogP contribution >= 0.6 is 0 Å². The van der Waals surface area contributed by atoms with Crippen LogP contribution in [0.15, 0.2) is 24.3 Å². The van der Waals surface area contributed by atoms with Crippen molar-refractivity contribution in [2.45, 2.75) is 39.0 Å². The van der Waals surface area contributed by atoms with Crippen LogP contribution < -0.4 is 15.4 Å². The van der Waals surface area contributed by atoms with E-state index < -0.39 is 0 Å². The Morgan fingerprint density at radius 1 is 1.15 bits per heavy atom. The number of carbonyl (C=O) groups is 3. The van der Waals surface area contributed by atoms with E-state index in [0.717, 1.165) is 32.1 Å². The third kappa shape index (κ3) is 6.58. The van der Waals surface area contributed by atoms with E-state index >= 15 is 0 Å². The van der Waals surface area contributed by atoms with Gasteiger partial charge in [0.25, 0.3) is 0 Å². The quantitative estimate of drug-likeness (QED) is 0.656. The molecule has 1 saturated carbocycles. The molecule has 2 N–H and O–H groups in total. The molecule has 1 aliphatic rings. The number of carbonyl (C=O) groups excluding carboxylic acids is 3. The number of amides is 3. The highest BCUT2D eigenvalue weighted by Gasteiger charge is 2.30. The molecule has 148 valence electrons. The summed E-state index contributed by atoms with van der Waals surface area (Å²) in [5.74, 6) is 0.188. The Balaban J connectivity index is 1.77. The van der Waals surface area contributed by atoms with Crippen molar-refractivity contribution in [2.75, 3.05) is 32.1 Å². The molecule has 1 fully saturated rings. The molecule has 27 heavy (non-hydrogen) atoms. The molecule has 2 rings (SSSR count). The molecule has 7 nitrogen and oxygen atoms in total. The maximum Gasteiger partial charge on any atom is 0.243 e. The van der Waals surface area contributed by atoms with E-state index in [1.807, 2.05) is 0 Å². The Morgan fingerprint density at radius 3 is 2.41 bits per heavy atom. The number of anilines is 1. The van der Waals surface area contributed by atoms with E-state index in [-0.39, 0.29) is 36.7 Å². The van der Waals surface area contributed by atoms with Crippen molar-refractivity contribution >= 4 is 23.4 Å². The van der Waals surface area contributed by atoms with Gasteiger partial charge in [0.05, 0.1) is 20.2 Å². The van der Waals surface area contributed by atoms with Gasteiger partial charge in [-0.3, -0.25) is 14.4 Å². The maximum absolute atomic E-state index is 12.5. The number of nitrogens with zero attached hydrogens (tertiary/aromatic N) is 1. The van der Waals surface area contributed by atoms with Gasteiger partial charge in [-0.05, 0) is 43.5 Å². The normalized spacial score (nSPS) is 13.4. The molecule has 3 amide bonds. The zero-order chi connectivity index (χ0) is 19.6. The fourth-order valence-electron chi connectivity index (χ4n) is 2.82. The average Bonchev–Trinajstić information content (AvgIpc) is 2.62. The van der Waals surface area contributed by atoms with Gasteiger partial charge in [-0.1, -0.05) is 19.8 Å². The van der Waals surface area contributed by atoms with Gasteiger partial charge in [-0.15, -0.1) is 0 Å². The zero-order valence-electron chi connectivity index (χ0n) is 16.1. The van der Waals surface area contributed by atoms with Crippen LogP contribution in [0.25, 0.3) is 0 Å². The van der Waals surface area contributed by atoms with Crippen LogP contribution in [0, 0.1) is 5.92 Å². The van der Waals surface area contributed by atoms with Crippen molar-refractivity contribution in [3.05, 3.63) is 24.3 Å². The van der Waals surface area contributed by atoms with E-state index in [2.05, 4.69) is 17.6 Å². The molecular weight excluding hydrogens is 346 g/mol. The van der Waals surface area contributed by atoms with Crippen molar-refractivity contribution in [1.82, 2.24) is 10.2 Å². The molecule has 1 aliphatic carbocycles. The summed E-state index contributed by atoms with van der Waals surface area (Å²) in [6, 6.07) is 6.93. The highest BCUT2D eigenvalue weighted by molar-refractivity contribution is 5.95. The minimum atomic E-state index is -0.320. The number of nitrogens with one attached hydrogen (secondary N) is 2. The van der Waals surface area contributed by atoms with Crippen LogP contribution in [0.5, 0.6) is 5.75 Å². The van der Waals surface area contributed by atoms with Crippen LogP contribution in [-0.4, -0.2) is 49.4 Å². The van der Waals surface area contributed by atoms with Crippen molar-refractivity contribution in [1.29, 1.82) is 0 Å².